The fourth-order valence-corrected chi connectivity index (χ4v) is 4.71. The molecule has 0 radical (unpaired) electrons. The van der Waals surface area contributed by atoms with E-state index in [1.54, 1.807) is 5.48 Å². The van der Waals surface area contributed by atoms with Gasteiger partial charge in [0.1, 0.15) is 17.1 Å². The summed E-state index contributed by atoms with van der Waals surface area (Å²) in [6.45, 7) is 5.12. The third kappa shape index (κ3) is 5.09. The summed E-state index contributed by atoms with van der Waals surface area (Å²) in [7, 11) is -3.72. The lowest BCUT2D eigenvalue weighted by Crippen LogP contribution is -2.54. The van der Waals surface area contributed by atoms with E-state index in [0.29, 0.717) is 12.1 Å². The Bertz CT molecular complexity index is 1170. The highest BCUT2D eigenvalue weighted by Crippen LogP contribution is 2.32. The van der Waals surface area contributed by atoms with E-state index in [1.165, 1.54) is 6.92 Å². The van der Waals surface area contributed by atoms with Gasteiger partial charge in [0.15, 0.2) is 9.84 Å². The van der Waals surface area contributed by atoms with E-state index in [0.717, 1.165) is 28.5 Å². The largest absolute Gasteiger partial charge is 0.392 e. The molecule has 0 bridgehead atoms. The molecule has 0 aromatic heterocycles. The van der Waals surface area contributed by atoms with Gasteiger partial charge in [-0.2, -0.15) is 10.7 Å². The van der Waals surface area contributed by atoms with E-state index in [-0.39, 0.29) is 6.42 Å². The van der Waals surface area contributed by atoms with Crippen LogP contribution in [-0.4, -0.2) is 47.8 Å². The first kappa shape index (κ1) is 24.9. The van der Waals surface area contributed by atoms with E-state index in [4.69, 9.17) is 10.0 Å². The maximum Gasteiger partial charge on any atom is 0.156 e. The van der Waals surface area contributed by atoms with Crippen molar-refractivity contribution >= 4 is 15.5 Å². The van der Waals surface area contributed by atoms with Crippen LogP contribution >= 0.6 is 0 Å². The summed E-state index contributed by atoms with van der Waals surface area (Å²) in [6.07, 6.45) is -0.878. The monoisotopic (exact) mass is 471 g/mol. The minimum atomic E-state index is -3.72. The van der Waals surface area contributed by atoms with Crippen LogP contribution in [0.25, 0.3) is 11.1 Å². The van der Waals surface area contributed by atoms with Gasteiger partial charge >= 0.3 is 0 Å². The molecule has 176 valence electrons. The zero-order chi connectivity index (χ0) is 24.4. The van der Waals surface area contributed by atoms with Crippen molar-refractivity contribution in [1.82, 2.24) is 5.48 Å². The van der Waals surface area contributed by atoms with Crippen molar-refractivity contribution in [2.24, 2.45) is 5.16 Å². The van der Waals surface area contributed by atoms with E-state index in [2.05, 4.69) is 11.2 Å². The van der Waals surface area contributed by atoms with Gasteiger partial charge in [-0.3, -0.25) is 0 Å². The van der Waals surface area contributed by atoms with Crippen molar-refractivity contribution in [3.63, 3.8) is 0 Å². The standard InChI is InChI=1S/C24H29N3O5S/c1-23(2,15-25)19-11-9-17(10-12-19)16-5-7-18(8-6-16)21-13-20(32-27-21)14-24(3,22(28)26-29)33(4,30)31/h5-12,20,22,26,28-29H,13-14H2,1-4H3/t20-,22?,24-/m1/s1. The highest BCUT2D eigenvalue weighted by Gasteiger charge is 2.46. The maximum atomic E-state index is 12.2. The molecular formula is C24H29N3O5S. The molecule has 0 saturated heterocycles. The Balaban J connectivity index is 1.71. The Morgan fingerprint density at radius 1 is 1.12 bits per heavy atom. The summed E-state index contributed by atoms with van der Waals surface area (Å²) >= 11 is 0. The highest BCUT2D eigenvalue weighted by atomic mass is 32.2. The highest BCUT2D eigenvalue weighted by molar-refractivity contribution is 7.92. The van der Waals surface area contributed by atoms with Gasteiger partial charge < -0.3 is 15.2 Å². The molecule has 0 amide bonds. The van der Waals surface area contributed by atoms with Gasteiger partial charge in [-0.15, -0.1) is 0 Å². The average Bonchev–Trinajstić information content (AvgIpc) is 3.26. The fourth-order valence-electron chi connectivity index (χ4n) is 3.76. The molecule has 33 heavy (non-hydrogen) atoms. The second-order valence-electron chi connectivity index (χ2n) is 9.18. The van der Waals surface area contributed by atoms with Gasteiger partial charge in [0, 0.05) is 19.1 Å². The van der Waals surface area contributed by atoms with Crippen LogP contribution in [0.2, 0.25) is 0 Å². The number of benzene rings is 2. The van der Waals surface area contributed by atoms with Crippen LogP contribution < -0.4 is 5.48 Å². The van der Waals surface area contributed by atoms with E-state index in [1.807, 2.05) is 62.4 Å². The van der Waals surface area contributed by atoms with Gasteiger partial charge in [0.25, 0.3) is 0 Å². The molecule has 0 saturated carbocycles. The smallest absolute Gasteiger partial charge is 0.156 e. The third-order valence-electron chi connectivity index (χ3n) is 6.35. The number of hydrogen-bond acceptors (Lipinski definition) is 8. The number of nitriles is 1. The number of sulfone groups is 1. The maximum absolute atomic E-state index is 12.2. The first-order chi connectivity index (χ1) is 15.4. The molecule has 9 heteroatoms. The Labute approximate surface area is 194 Å². The second-order valence-corrected chi connectivity index (χ2v) is 11.7. The van der Waals surface area contributed by atoms with Crippen LogP contribution in [0.1, 0.15) is 44.7 Å². The summed E-state index contributed by atoms with van der Waals surface area (Å²) in [6, 6.07) is 18.0. The van der Waals surface area contributed by atoms with Crippen LogP contribution in [0.15, 0.2) is 53.7 Å². The first-order valence-electron chi connectivity index (χ1n) is 10.5. The van der Waals surface area contributed by atoms with Crippen molar-refractivity contribution in [1.29, 1.82) is 5.26 Å². The predicted octanol–water partition coefficient (Wildman–Crippen LogP) is 3.14. The summed E-state index contributed by atoms with van der Waals surface area (Å²) in [5.41, 5.74) is 5.61. The molecule has 1 aliphatic rings. The van der Waals surface area contributed by atoms with Crippen molar-refractivity contribution in [2.75, 3.05) is 6.26 Å². The van der Waals surface area contributed by atoms with Crippen LogP contribution in [0.4, 0.5) is 0 Å². The summed E-state index contributed by atoms with van der Waals surface area (Å²) in [5, 5.41) is 32.5. The molecule has 3 N–H and O–H groups in total. The van der Waals surface area contributed by atoms with Crippen LogP contribution in [0.5, 0.6) is 0 Å². The third-order valence-corrected chi connectivity index (χ3v) is 8.44. The lowest BCUT2D eigenvalue weighted by molar-refractivity contribution is -0.0355. The van der Waals surface area contributed by atoms with Crippen molar-refractivity contribution in [2.45, 2.75) is 56.1 Å². The molecule has 0 spiro atoms. The number of hydroxylamine groups is 1. The SMILES string of the molecule is CC(C)(C#N)c1ccc(-c2ccc(C3=NO[C@@H](C[C@](C)(C(O)NO)S(C)(=O)=O)C3)cc2)cc1. The molecule has 8 nitrogen and oxygen atoms in total. The average molecular weight is 472 g/mol. The number of aliphatic hydroxyl groups excluding tert-OH is 1. The number of aliphatic hydroxyl groups is 1. The zero-order valence-corrected chi connectivity index (χ0v) is 19.9. The minimum Gasteiger partial charge on any atom is -0.392 e. The predicted molar refractivity (Wildman–Crippen MR) is 125 cm³/mol. The quantitative estimate of drug-likeness (QED) is 0.398. The van der Waals surface area contributed by atoms with Gasteiger partial charge in [-0.05, 0) is 43.0 Å². The molecule has 3 atom stereocenters. The Hall–Kier alpha value is -2.77. The Kier molecular flexibility index (Phi) is 6.96. The van der Waals surface area contributed by atoms with Gasteiger partial charge in [-0.1, -0.05) is 53.7 Å². The first-order valence-corrected chi connectivity index (χ1v) is 12.4. The fraction of sp³-hybridized carbons (Fsp3) is 0.417. The molecular weight excluding hydrogens is 442 g/mol. The normalized spacial score (nSPS) is 19.2. The van der Waals surface area contributed by atoms with Gasteiger partial charge in [0.05, 0.1) is 17.2 Å². The van der Waals surface area contributed by atoms with Gasteiger partial charge in [-0.25, -0.2) is 8.42 Å². The Morgan fingerprint density at radius 3 is 2.12 bits per heavy atom. The lowest BCUT2D eigenvalue weighted by Gasteiger charge is -2.32. The molecule has 2 aromatic carbocycles. The number of hydrogen-bond donors (Lipinski definition) is 3. The number of nitrogens with one attached hydrogen (secondary N) is 1. The molecule has 1 heterocycles. The molecule has 0 aliphatic carbocycles. The minimum absolute atomic E-state index is 0.0446. The Morgan fingerprint density at radius 2 is 1.64 bits per heavy atom. The summed E-state index contributed by atoms with van der Waals surface area (Å²) in [5.74, 6) is 0. The topological polar surface area (TPSA) is 132 Å². The van der Waals surface area contributed by atoms with Crippen molar-refractivity contribution < 1.29 is 23.6 Å². The zero-order valence-electron chi connectivity index (χ0n) is 19.1. The summed E-state index contributed by atoms with van der Waals surface area (Å²) < 4.78 is 22.8. The van der Waals surface area contributed by atoms with Crippen molar-refractivity contribution in [3.05, 3.63) is 59.7 Å². The van der Waals surface area contributed by atoms with Gasteiger partial charge in [0.2, 0.25) is 0 Å². The van der Waals surface area contributed by atoms with Crippen LogP contribution in [0.3, 0.4) is 0 Å². The van der Waals surface area contributed by atoms with E-state index < -0.39 is 32.3 Å². The molecule has 2 aromatic rings. The molecule has 1 aliphatic heterocycles. The lowest BCUT2D eigenvalue weighted by atomic mass is 9.85. The molecule has 0 fully saturated rings. The van der Waals surface area contributed by atoms with Crippen LogP contribution in [-0.2, 0) is 20.1 Å². The summed E-state index contributed by atoms with van der Waals surface area (Å²) in [4.78, 5) is 5.45. The number of oxime groups is 1. The van der Waals surface area contributed by atoms with Crippen LogP contribution in [0, 0.1) is 11.3 Å². The number of rotatable bonds is 8. The van der Waals surface area contributed by atoms with Crippen molar-refractivity contribution in [3.8, 4) is 17.2 Å². The second kappa shape index (κ2) is 9.23. The molecule has 1 unspecified atom stereocenters. The van der Waals surface area contributed by atoms with E-state index in [9.17, 15) is 18.8 Å². The molecule has 3 rings (SSSR count). The van der Waals surface area contributed by atoms with E-state index >= 15 is 0 Å². The number of nitrogens with zero attached hydrogens (tertiary/aromatic N) is 2.